The summed E-state index contributed by atoms with van der Waals surface area (Å²) in [7, 11) is 0. The van der Waals surface area contributed by atoms with Crippen molar-refractivity contribution in [1.29, 1.82) is 0 Å². The molecule has 7 nitrogen and oxygen atoms in total. The van der Waals surface area contributed by atoms with Crippen molar-refractivity contribution in [1.82, 2.24) is 5.43 Å². The summed E-state index contributed by atoms with van der Waals surface area (Å²) in [6.07, 6.45) is 1.53. The highest BCUT2D eigenvalue weighted by Crippen LogP contribution is 2.23. The molecule has 0 heterocycles. The summed E-state index contributed by atoms with van der Waals surface area (Å²) in [5.74, 6) is -0.178. The maximum absolute atomic E-state index is 12.9. The number of hydrazone groups is 1. The van der Waals surface area contributed by atoms with Gasteiger partial charge in [0, 0.05) is 22.2 Å². The van der Waals surface area contributed by atoms with E-state index in [2.05, 4.69) is 26.5 Å². The SMILES string of the molecule is O=C(Cc1ccc(F)cc1)N/N=C/c1cc(Br)ccc1OCc1ccc([N+](=O)[O-])cc1. The molecule has 0 saturated heterocycles. The van der Waals surface area contributed by atoms with Crippen molar-refractivity contribution in [3.05, 3.63) is 104 Å². The molecule has 1 amide bonds. The number of ether oxygens (including phenoxy) is 1. The topological polar surface area (TPSA) is 93.8 Å². The van der Waals surface area contributed by atoms with Gasteiger partial charge < -0.3 is 4.74 Å². The number of nitro benzene ring substituents is 1. The standard InChI is InChI=1S/C22H17BrFN3O4/c23-18-5-10-21(31-14-16-3-8-20(9-4-16)27(29)30)17(12-18)13-25-26-22(28)11-15-1-6-19(24)7-2-15/h1-10,12-13H,11,14H2,(H,26,28)/b25-13+. The molecule has 0 atom stereocenters. The number of carbonyl (C=O) groups is 1. The molecule has 0 aliphatic heterocycles. The summed E-state index contributed by atoms with van der Waals surface area (Å²) in [6, 6.07) is 17.1. The van der Waals surface area contributed by atoms with Crippen LogP contribution in [0.3, 0.4) is 0 Å². The third-order valence-corrected chi connectivity index (χ3v) is 4.68. The molecule has 158 valence electrons. The van der Waals surface area contributed by atoms with Gasteiger partial charge in [-0.2, -0.15) is 5.10 Å². The Bertz CT molecular complexity index is 1100. The Morgan fingerprint density at radius 2 is 1.77 bits per heavy atom. The fourth-order valence-electron chi connectivity index (χ4n) is 2.63. The van der Waals surface area contributed by atoms with E-state index in [4.69, 9.17) is 4.74 Å². The molecule has 0 unspecified atom stereocenters. The molecule has 0 aromatic heterocycles. The van der Waals surface area contributed by atoms with Gasteiger partial charge in [-0.1, -0.05) is 28.1 Å². The Labute approximate surface area is 185 Å². The van der Waals surface area contributed by atoms with Crippen LogP contribution in [0.4, 0.5) is 10.1 Å². The van der Waals surface area contributed by atoms with Crippen molar-refractivity contribution in [3.63, 3.8) is 0 Å². The molecular formula is C22H17BrFN3O4. The van der Waals surface area contributed by atoms with Gasteiger partial charge in [0.2, 0.25) is 5.91 Å². The highest BCUT2D eigenvalue weighted by atomic mass is 79.9. The number of nitro groups is 1. The molecule has 31 heavy (non-hydrogen) atoms. The van der Waals surface area contributed by atoms with Crippen LogP contribution in [-0.2, 0) is 17.8 Å². The highest BCUT2D eigenvalue weighted by Gasteiger charge is 2.07. The van der Waals surface area contributed by atoms with Crippen LogP contribution in [0.5, 0.6) is 5.75 Å². The first-order valence-corrected chi connectivity index (χ1v) is 9.92. The molecule has 3 rings (SSSR count). The minimum absolute atomic E-state index is 0.0107. The van der Waals surface area contributed by atoms with Crippen LogP contribution in [0.2, 0.25) is 0 Å². The van der Waals surface area contributed by atoms with Crippen LogP contribution in [0.15, 0.2) is 76.3 Å². The zero-order valence-electron chi connectivity index (χ0n) is 16.1. The zero-order valence-corrected chi connectivity index (χ0v) is 17.7. The highest BCUT2D eigenvalue weighted by molar-refractivity contribution is 9.10. The second-order valence-corrected chi connectivity index (χ2v) is 7.41. The first-order chi connectivity index (χ1) is 14.9. The van der Waals surface area contributed by atoms with E-state index < -0.39 is 4.92 Å². The molecule has 0 spiro atoms. The predicted molar refractivity (Wildman–Crippen MR) is 117 cm³/mol. The molecule has 0 aliphatic carbocycles. The normalized spacial score (nSPS) is 10.8. The second kappa shape index (κ2) is 10.4. The van der Waals surface area contributed by atoms with Gasteiger partial charge in [-0.05, 0) is 53.6 Å². The van der Waals surface area contributed by atoms with Crippen molar-refractivity contribution in [3.8, 4) is 5.75 Å². The number of non-ortho nitro benzene ring substituents is 1. The number of hydrogen-bond donors (Lipinski definition) is 1. The van der Waals surface area contributed by atoms with E-state index >= 15 is 0 Å². The van der Waals surface area contributed by atoms with E-state index in [1.807, 2.05) is 0 Å². The summed E-state index contributed by atoms with van der Waals surface area (Å²) in [5.41, 5.74) is 4.51. The number of rotatable bonds is 8. The van der Waals surface area contributed by atoms with Crippen molar-refractivity contribution >= 4 is 33.7 Å². The number of hydrogen-bond acceptors (Lipinski definition) is 5. The zero-order chi connectivity index (χ0) is 22.2. The lowest BCUT2D eigenvalue weighted by atomic mass is 10.1. The van der Waals surface area contributed by atoms with Crippen LogP contribution in [-0.4, -0.2) is 17.0 Å². The Morgan fingerprint density at radius 3 is 2.45 bits per heavy atom. The number of nitrogens with one attached hydrogen (secondary N) is 1. The predicted octanol–water partition coefficient (Wildman–Crippen LogP) is 4.77. The maximum atomic E-state index is 12.9. The summed E-state index contributed by atoms with van der Waals surface area (Å²) >= 11 is 3.39. The minimum atomic E-state index is -0.460. The van der Waals surface area contributed by atoms with Crippen LogP contribution in [0.1, 0.15) is 16.7 Å². The van der Waals surface area contributed by atoms with Gasteiger partial charge in [-0.15, -0.1) is 0 Å². The van der Waals surface area contributed by atoms with Gasteiger partial charge in [0.05, 0.1) is 17.6 Å². The first-order valence-electron chi connectivity index (χ1n) is 9.13. The number of carbonyl (C=O) groups excluding carboxylic acids is 1. The summed E-state index contributed by atoms with van der Waals surface area (Å²) < 4.78 is 19.6. The van der Waals surface area contributed by atoms with Gasteiger partial charge in [-0.25, -0.2) is 9.82 Å². The Morgan fingerprint density at radius 1 is 1.10 bits per heavy atom. The fraction of sp³-hybridized carbons (Fsp3) is 0.0909. The average molecular weight is 486 g/mol. The van der Waals surface area contributed by atoms with Crippen LogP contribution in [0, 0.1) is 15.9 Å². The molecule has 0 radical (unpaired) electrons. The average Bonchev–Trinajstić information content (AvgIpc) is 2.75. The fourth-order valence-corrected chi connectivity index (χ4v) is 3.01. The third-order valence-electron chi connectivity index (χ3n) is 4.18. The third kappa shape index (κ3) is 6.71. The molecule has 3 aromatic carbocycles. The Hall–Kier alpha value is -3.59. The number of benzene rings is 3. The molecule has 3 aromatic rings. The summed E-state index contributed by atoms with van der Waals surface area (Å²) in [5, 5.41) is 14.7. The quantitative estimate of drug-likeness (QED) is 0.282. The van der Waals surface area contributed by atoms with E-state index in [0.29, 0.717) is 16.9 Å². The smallest absolute Gasteiger partial charge is 0.269 e. The van der Waals surface area contributed by atoms with Gasteiger partial charge in [-0.3, -0.25) is 14.9 Å². The number of nitrogens with zero attached hydrogens (tertiary/aromatic N) is 2. The van der Waals surface area contributed by atoms with Crippen molar-refractivity contribution < 1.29 is 18.8 Å². The maximum Gasteiger partial charge on any atom is 0.269 e. The second-order valence-electron chi connectivity index (χ2n) is 6.49. The molecule has 0 saturated carbocycles. The molecule has 9 heteroatoms. The van der Waals surface area contributed by atoms with E-state index in [1.165, 1.54) is 42.6 Å². The van der Waals surface area contributed by atoms with E-state index in [1.54, 1.807) is 30.3 Å². The molecule has 1 N–H and O–H groups in total. The molecular weight excluding hydrogens is 469 g/mol. The van der Waals surface area contributed by atoms with Crippen LogP contribution in [0.25, 0.3) is 0 Å². The lowest BCUT2D eigenvalue weighted by molar-refractivity contribution is -0.384. The minimum Gasteiger partial charge on any atom is -0.488 e. The van der Waals surface area contributed by atoms with Crippen LogP contribution >= 0.6 is 15.9 Å². The molecule has 0 bridgehead atoms. The van der Waals surface area contributed by atoms with E-state index in [9.17, 15) is 19.3 Å². The van der Waals surface area contributed by atoms with Crippen molar-refractivity contribution in [2.75, 3.05) is 0 Å². The Kier molecular flexibility index (Phi) is 7.45. The van der Waals surface area contributed by atoms with Crippen LogP contribution < -0.4 is 10.2 Å². The van der Waals surface area contributed by atoms with Gasteiger partial charge >= 0.3 is 0 Å². The van der Waals surface area contributed by atoms with E-state index in [0.717, 1.165) is 10.0 Å². The number of halogens is 2. The van der Waals surface area contributed by atoms with Gasteiger partial charge in [0.1, 0.15) is 18.2 Å². The molecule has 0 aliphatic rings. The van der Waals surface area contributed by atoms with E-state index in [-0.39, 0.29) is 30.4 Å². The molecule has 0 fully saturated rings. The number of amides is 1. The van der Waals surface area contributed by atoms with Crippen molar-refractivity contribution in [2.45, 2.75) is 13.0 Å². The summed E-state index contributed by atoms with van der Waals surface area (Å²) in [6.45, 7) is 0.206. The van der Waals surface area contributed by atoms with Crippen molar-refractivity contribution in [2.24, 2.45) is 5.10 Å². The van der Waals surface area contributed by atoms with Gasteiger partial charge in [0.15, 0.2) is 0 Å². The van der Waals surface area contributed by atoms with Gasteiger partial charge in [0.25, 0.3) is 5.69 Å². The lowest BCUT2D eigenvalue weighted by Gasteiger charge is -2.10. The lowest BCUT2D eigenvalue weighted by Crippen LogP contribution is -2.19. The Balaban J connectivity index is 1.61. The monoisotopic (exact) mass is 485 g/mol. The summed E-state index contributed by atoms with van der Waals surface area (Å²) in [4.78, 5) is 22.3. The largest absolute Gasteiger partial charge is 0.488 e. The first kappa shape index (κ1) is 22.1.